The highest BCUT2D eigenvalue weighted by atomic mass is 16.4. The summed E-state index contributed by atoms with van der Waals surface area (Å²) in [5.74, 6) is -1.90. The molecule has 2 aromatic rings. The van der Waals surface area contributed by atoms with Crippen molar-refractivity contribution < 1.29 is 24.3 Å². The normalized spacial score (nSPS) is 12.2. The molecule has 1 amide bonds. The summed E-state index contributed by atoms with van der Waals surface area (Å²) in [6.45, 7) is 1.66. The molecule has 0 aliphatic heterocycles. The second-order valence-corrected chi connectivity index (χ2v) is 6.59. The molecule has 0 saturated carbocycles. The first kappa shape index (κ1) is 21.8. The maximum absolute atomic E-state index is 12.3. The number of carboxylic acid groups (broad SMARTS) is 1. The minimum atomic E-state index is -1.11. The van der Waals surface area contributed by atoms with Crippen molar-refractivity contribution in [3.05, 3.63) is 82.9 Å². The molecular weight excluding hydrogens is 370 g/mol. The predicted octanol–water partition coefficient (Wildman–Crippen LogP) is 3.36. The first-order valence-corrected chi connectivity index (χ1v) is 9.27. The molecule has 6 heteroatoms. The van der Waals surface area contributed by atoms with Gasteiger partial charge >= 0.3 is 5.97 Å². The standard InChI is InChI=1S/C16H15NO5.C7H8/c18-13-8-10(4-3-7-14(19)17-9-15(20)21)16(22)12-6-2-1-5-11(12)13;1-7-5-3-2-4-6-7/h1-2,5-6,8H,3-4,7,9H2,(H,17,19)(H,20,21);2-6H,1H3. The van der Waals surface area contributed by atoms with Gasteiger partial charge in [-0.05, 0) is 25.8 Å². The van der Waals surface area contributed by atoms with Crippen LogP contribution in [0.5, 0.6) is 0 Å². The van der Waals surface area contributed by atoms with Gasteiger partial charge in [-0.25, -0.2) is 0 Å². The van der Waals surface area contributed by atoms with Gasteiger partial charge in [0.1, 0.15) is 6.54 Å². The molecule has 150 valence electrons. The summed E-state index contributed by atoms with van der Waals surface area (Å²) in [4.78, 5) is 45.9. The number of aliphatic carboxylic acids is 1. The van der Waals surface area contributed by atoms with Crippen molar-refractivity contribution in [1.82, 2.24) is 5.32 Å². The van der Waals surface area contributed by atoms with Crippen LogP contribution in [0.1, 0.15) is 45.5 Å². The molecule has 0 unspecified atom stereocenters. The Kier molecular flexibility index (Phi) is 8.03. The molecule has 29 heavy (non-hydrogen) atoms. The molecule has 0 heterocycles. The second-order valence-electron chi connectivity index (χ2n) is 6.59. The number of aryl methyl sites for hydroxylation is 1. The maximum atomic E-state index is 12.3. The van der Waals surface area contributed by atoms with Crippen molar-refractivity contribution in [1.29, 1.82) is 0 Å². The Morgan fingerprint density at radius 1 is 0.931 bits per heavy atom. The van der Waals surface area contributed by atoms with E-state index in [1.165, 1.54) is 11.6 Å². The van der Waals surface area contributed by atoms with Gasteiger partial charge in [0.15, 0.2) is 11.6 Å². The van der Waals surface area contributed by atoms with E-state index >= 15 is 0 Å². The highest BCUT2D eigenvalue weighted by molar-refractivity contribution is 6.24. The van der Waals surface area contributed by atoms with Crippen molar-refractivity contribution in [2.75, 3.05) is 6.54 Å². The van der Waals surface area contributed by atoms with Crippen molar-refractivity contribution in [3.8, 4) is 0 Å². The third-order valence-electron chi connectivity index (χ3n) is 4.26. The van der Waals surface area contributed by atoms with Crippen LogP contribution in [0.15, 0.2) is 66.2 Å². The molecule has 0 spiro atoms. The molecule has 2 aromatic carbocycles. The number of Topliss-reactive ketones (excluding diaryl/α,β-unsaturated/α-hetero) is 1. The third kappa shape index (κ3) is 6.84. The number of ketones is 2. The van der Waals surface area contributed by atoms with Crippen LogP contribution in [-0.2, 0) is 9.59 Å². The van der Waals surface area contributed by atoms with Gasteiger partial charge in [-0.2, -0.15) is 0 Å². The van der Waals surface area contributed by atoms with Crippen LogP contribution < -0.4 is 5.32 Å². The van der Waals surface area contributed by atoms with Gasteiger partial charge in [0.05, 0.1) is 0 Å². The Balaban J connectivity index is 0.000000360. The summed E-state index contributed by atoms with van der Waals surface area (Å²) in [5.41, 5.74) is 2.49. The molecule has 6 nitrogen and oxygen atoms in total. The summed E-state index contributed by atoms with van der Waals surface area (Å²) in [6.07, 6.45) is 2.10. The number of rotatable bonds is 6. The summed E-state index contributed by atoms with van der Waals surface area (Å²) < 4.78 is 0. The topological polar surface area (TPSA) is 101 Å². The van der Waals surface area contributed by atoms with Gasteiger partial charge in [0, 0.05) is 23.1 Å². The van der Waals surface area contributed by atoms with Crippen molar-refractivity contribution >= 4 is 23.4 Å². The monoisotopic (exact) mass is 393 g/mol. The molecule has 0 fully saturated rings. The van der Waals surface area contributed by atoms with Crippen molar-refractivity contribution in [3.63, 3.8) is 0 Å². The van der Waals surface area contributed by atoms with Crippen LogP contribution in [0, 0.1) is 6.92 Å². The fourth-order valence-corrected chi connectivity index (χ4v) is 2.79. The van der Waals surface area contributed by atoms with Gasteiger partial charge in [-0.1, -0.05) is 60.2 Å². The van der Waals surface area contributed by atoms with Gasteiger partial charge in [0.2, 0.25) is 5.91 Å². The predicted molar refractivity (Wildman–Crippen MR) is 109 cm³/mol. The van der Waals surface area contributed by atoms with E-state index < -0.39 is 18.4 Å². The minimum Gasteiger partial charge on any atom is -0.480 e. The summed E-state index contributed by atoms with van der Waals surface area (Å²) in [5, 5.41) is 10.7. The summed E-state index contributed by atoms with van der Waals surface area (Å²) >= 11 is 0. The number of amides is 1. The Morgan fingerprint density at radius 3 is 2.14 bits per heavy atom. The van der Waals surface area contributed by atoms with E-state index in [0.29, 0.717) is 29.5 Å². The highest BCUT2D eigenvalue weighted by Gasteiger charge is 2.24. The molecule has 0 atom stereocenters. The zero-order valence-corrected chi connectivity index (χ0v) is 16.2. The van der Waals surface area contributed by atoms with Crippen molar-refractivity contribution in [2.24, 2.45) is 0 Å². The van der Waals surface area contributed by atoms with E-state index in [2.05, 4.69) is 24.4 Å². The highest BCUT2D eigenvalue weighted by Crippen LogP contribution is 2.24. The van der Waals surface area contributed by atoms with Crippen LogP contribution in [0.4, 0.5) is 0 Å². The smallest absolute Gasteiger partial charge is 0.322 e. The molecule has 0 bridgehead atoms. The number of fused-ring (bicyclic) bond motifs is 1. The lowest BCUT2D eigenvalue weighted by Crippen LogP contribution is -2.29. The molecule has 2 N–H and O–H groups in total. The van der Waals surface area contributed by atoms with E-state index in [0.717, 1.165) is 0 Å². The van der Waals surface area contributed by atoms with Crippen LogP contribution in [-0.4, -0.2) is 35.1 Å². The fraction of sp³-hybridized carbons (Fsp3) is 0.217. The SMILES string of the molecule is Cc1ccccc1.O=C(O)CNC(=O)CCCC1=CC(=O)c2ccccc2C1=O. The number of carbonyl (C=O) groups excluding carboxylic acids is 3. The molecule has 1 aliphatic rings. The Labute approximate surface area is 169 Å². The number of hydrogen-bond acceptors (Lipinski definition) is 4. The largest absolute Gasteiger partial charge is 0.480 e. The zero-order chi connectivity index (χ0) is 21.2. The Bertz CT molecular complexity index is 931. The number of carbonyl (C=O) groups is 4. The van der Waals surface area contributed by atoms with Gasteiger partial charge in [-0.15, -0.1) is 0 Å². The summed E-state index contributed by atoms with van der Waals surface area (Å²) in [6, 6.07) is 16.9. The fourth-order valence-electron chi connectivity index (χ4n) is 2.79. The molecule has 0 saturated heterocycles. The van der Waals surface area contributed by atoms with Gasteiger partial charge in [-0.3, -0.25) is 19.2 Å². The summed E-state index contributed by atoms with van der Waals surface area (Å²) in [7, 11) is 0. The Morgan fingerprint density at radius 2 is 1.55 bits per heavy atom. The van der Waals surface area contributed by atoms with Crippen LogP contribution in [0.25, 0.3) is 0 Å². The molecular formula is C23H23NO5. The molecule has 1 aliphatic carbocycles. The minimum absolute atomic E-state index is 0.105. The zero-order valence-electron chi connectivity index (χ0n) is 16.2. The van der Waals surface area contributed by atoms with Gasteiger partial charge in [0.25, 0.3) is 0 Å². The second kappa shape index (κ2) is 10.7. The third-order valence-corrected chi connectivity index (χ3v) is 4.26. The van der Waals surface area contributed by atoms with Crippen LogP contribution in [0.3, 0.4) is 0 Å². The van der Waals surface area contributed by atoms with Gasteiger partial charge < -0.3 is 10.4 Å². The van der Waals surface area contributed by atoms with E-state index in [-0.39, 0.29) is 18.0 Å². The van der Waals surface area contributed by atoms with Crippen LogP contribution in [0.2, 0.25) is 0 Å². The quantitative estimate of drug-likeness (QED) is 0.784. The average Bonchev–Trinajstić information content (AvgIpc) is 2.71. The number of carboxylic acids is 1. The first-order chi connectivity index (χ1) is 13.9. The number of hydrogen-bond donors (Lipinski definition) is 2. The van der Waals surface area contributed by atoms with E-state index in [1.807, 2.05) is 18.2 Å². The van der Waals surface area contributed by atoms with Crippen molar-refractivity contribution in [2.45, 2.75) is 26.2 Å². The average molecular weight is 393 g/mol. The lowest BCUT2D eigenvalue weighted by molar-refractivity contribution is -0.137. The van der Waals surface area contributed by atoms with Crippen LogP contribution >= 0.6 is 0 Å². The van der Waals surface area contributed by atoms with E-state index in [1.54, 1.807) is 24.3 Å². The maximum Gasteiger partial charge on any atom is 0.322 e. The Hall–Kier alpha value is -3.54. The molecule has 3 rings (SSSR count). The lowest BCUT2D eigenvalue weighted by atomic mass is 9.87. The molecule has 0 radical (unpaired) electrons. The number of allylic oxidation sites excluding steroid dienone is 2. The number of nitrogens with one attached hydrogen (secondary N) is 1. The number of benzene rings is 2. The van der Waals surface area contributed by atoms with E-state index in [9.17, 15) is 19.2 Å². The lowest BCUT2D eigenvalue weighted by Gasteiger charge is -2.14. The molecule has 0 aromatic heterocycles. The first-order valence-electron chi connectivity index (χ1n) is 9.27. The van der Waals surface area contributed by atoms with E-state index in [4.69, 9.17) is 5.11 Å².